The van der Waals surface area contributed by atoms with Gasteiger partial charge in [-0.2, -0.15) is 0 Å². The van der Waals surface area contributed by atoms with Crippen LogP contribution >= 0.6 is 11.3 Å². The average molecular weight is 406 g/mol. The second-order valence-electron chi connectivity index (χ2n) is 7.39. The zero-order valence-electron chi connectivity index (χ0n) is 16.6. The van der Waals surface area contributed by atoms with Crippen LogP contribution in [-0.2, 0) is 6.54 Å². The van der Waals surface area contributed by atoms with Gasteiger partial charge in [0.25, 0.3) is 5.91 Å². The van der Waals surface area contributed by atoms with Crippen LogP contribution in [0.1, 0.15) is 15.2 Å². The van der Waals surface area contributed by atoms with Gasteiger partial charge in [0.05, 0.1) is 4.88 Å². The molecule has 2 heterocycles. The third kappa shape index (κ3) is 5.32. The molecular weight excluding hydrogens is 378 g/mol. The molecule has 5 heteroatoms. The summed E-state index contributed by atoms with van der Waals surface area (Å²) in [5.41, 5.74) is 3.48. The highest BCUT2D eigenvalue weighted by Gasteiger charge is 2.18. The summed E-state index contributed by atoms with van der Waals surface area (Å²) in [6.45, 7) is 6.86. The summed E-state index contributed by atoms with van der Waals surface area (Å²) in [5, 5.41) is 5.10. The average Bonchev–Trinajstić information content (AvgIpc) is 3.26. The number of nitrogens with zero attached hydrogens (tertiary/aromatic N) is 2. The van der Waals surface area contributed by atoms with E-state index in [-0.39, 0.29) is 5.91 Å². The minimum atomic E-state index is 0.0292. The first-order valence-corrected chi connectivity index (χ1v) is 11.1. The first kappa shape index (κ1) is 19.8. The van der Waals surface area contributed by atoms with Gasteiger partial charge in [-0.3, -0.25) is 14.6 Å². The van der Waals surface area contributed by atoms with Gasteiger partial charge in [0, 0.05) is 51.4 Å². The predicted molar refractivity (Wildman–Crippen MR) is 120 cm³/mol. The van der Waals surface area contributed by atoms with Crippen molar-refractivity contribution in [3.8, 4) is 11.1 Å². The monoisotopic (exact) mass is 405 g/mol. The molecule has 0 saturated carbocycles. The number of amides is 1. The lowest BCUT2D eigenvalue weighted by Crippen LogP contribution is -2.48. The summed E-state index contributed by atoms with van der Waals surface area (Å²) >= 11 is 1.51. The summed E-state index contributed by atoms with van der Waals surface area (Å²) in [6, 6.07) is 22.8. The molecule has 0 radical (unpaired) electrons. The molecule has 0 atom stereocenters. The Hall–Kier alpha value is -2.47. The highest BCUT2D eigenvalue weighted by atomic mass is 32.1. The molecule has 150 valence electrons. The summed E-state index contributed by atoms with van der Waals surface area (Å²) in [6.07, 6.45) is 0. The number of nitrogens with one attached hydrogen (secondary N) is 1. The van der Waals surface area contributed by atoms with E-state index in [0.717, 1.165) is 55.3 Å². The van der Waals surface area contributed by atoms with Gasteiger partial charge in [0.1, 0.15) is 0 Å². The van der Waals surface area contributed by atoms with Crippen LogP contribution < -0.4 is 5.32 Å². The van der Waals surface area contributed by atoms with E-state index in [1.54, 1.807) is 0 Å². The van der Waals surface area contributed by atoms with E-state index in [1.165, 1.54) is 16.9 Å². The van der Waals surface area contributed by atoms with Gasteiger partial charge in [0.2, 0.25) is 0 Å². The molecule has 1 N–H and O–H groups in total. The van der Waals surface area contributed by atoms with Crippen LogP contribution in [0.2, 0.25) is 0 Å². The van der Waals surface area contributed by atoms with Crippen molar-refractivity contribution >= 4 is 17.2 Å². The second-order valence-corrected chi connectivity index (χ2v) is 8.30. The normalized spacial score (nSPS) is 15.3. The Labute approximate surface area is 176 Å². The minimum Gasteiger partial charge on any atom is -0.350 e. The summed E-state index contributed by atoms with van der Waals surface area (Å²) < 4.78 is 0. The molecule has 0 bridgehead atoms. The molecule has 4 rings (SSSR count). The third-order valence-electron chi connectivity index (χ3n) is 5.38. The van der Waals surface area contributed by atoms with E-state index < -0.39 is 0 Å². The lowest BCUT2D eigenvalue weighted by molar-refractivity contribution is 0.0938. The minimum absolute atomic E-state index is 0.0292. The maximum absolute atomic E-state index is 12.7. The lowest BCUT2D eigenvalue weighted by Gasteiger charge is -2.34. The van der Waals surface area contributed by atoms with Gasteiger partial charge in [0.15, 0.2) is 0 Å². The van der Waals surface area contributed by atoms with Crippen LogP contribution in [0.15, 0.2) is 72.1 Å². The Morgan fingerprint density at radius 1 is 0.862 bits per heavy atom. The van der Waals surface area contributed by atoms with Crippen LogP contribution in [-0.4, -0.2) is 55.0 Å². The molecule has 3 aromatic rings. The van der Waals surface area contributed by atoms with Gasteiger partial charge in [-0.05, 0) is 22.6 Å². The van der Waals surface area contributed by atoms with E-state index in [0.29, 0.717) is 6.54 Å². The number of piperazine rings is 1. The SMILES string of the molecule is O=C(NCCN1CCN(Cc2ccccc2)CC1)c1sccc1-c1ccccc1. The molecule has 1 fully saturated rings. The fourth-order valence-electron chi connectivity index (χ4n) is 3.75. The third-order valence-corrected chi connectivity index (χ3v) is 6.30. The second kappa shape index (κ2) is 9.83. The fourth-order valence-corrected chi connectivity index (χ4v) is 4.58. The maximum atomic E-state index is 12.7. The van der Waals surface area contributed by atoms with Gasteiger partial charge >= 0.3 is 0 Å². The first-order chi connectivity index (χ1) is 14.3. The van der Waals surface area contributed by atoms with Crippen molar-refractivity contribution < 1.29 is 4.79 Å². The number of hydrogen-bond acceptors (Lipinski definition) is 4. The zero-order chi connectivity index (χ0) is 19.9. The number of benzene rings is 2. The van der Waals surface area contributed by atoms with Crippen molar-refractivity contribution in [2.24, 2.45) is 0 Å². The smallest absolute Gasteiger partial charge is 0.262 e. The molecule has 0 aliphatic carbocycles. The molecule has 0 unspecified atom stereocenters. The Morgan fingerprint density at radius 3 is 2.24 bits per heavy atom. The van der Waals surface area contributed by atoms with E-state index in [4.69, 9.17) is 0 Å². The Kier molecular flexibility index (Phi) is 6.72. The molecule has 1 aliphatic heterocycles. The Bertz CT molecular complexity index is 902. The number of thiophene rings is 1. The summed E-state index contributed by atoms with van der Waals surface area (Å²) in [7, 11) is 0. The molecule has 2 aromatic carbocycles. The van der Waals surface area contributed by atoms with Crippen molar-refractivity contribution in [3.05, 3.63) is 82.6 Å². The number of carbonyl (C=O) groups is 1. The maximum Gasteiger partial charge on any atom is 0.262 e. The number of rotatable bonds is 7. The Morgan fingerprint density at radius 2 is 1.52 bits per heavy atom. The van der Waals surface area contributed by atoms with Crippen molar-refractivity contribution in [3.63, 3.8) is 0 Å². The number of carbonyl (C=O) groups excluding carboxylic acids is 1. The van der Waals surface area contributed by atoms with Crippen molar-refractivity contribution in [2.75, 3.05) is 39.3 Å². The van der Waals surface area contributed by atoms with Gasteiger partial charge in [-0.25, -0.2) is 0 Å². The fraction of sp³-hybridized carbons (Fsp3) is 0.292. The summed E-state index contributed by atoms with van der Waals surface area (Å²) in [4.78, 5) is 18.4. The van der Waals surface area contributed by atoms with Crippen molar-refractivity contribution in [1.82, 2.24) is 15.1 Å². The molecule has 1 saturated heterocycles. The predicted octanol–water partition coefficient (Wildman–Crippen LogP) is 3.96. The molecule has 1 aliphatic rings. The zero-order valence-corrected chi connectivity index (χ0v) is 17.4. The molecule has 1 aromatic heterocycles. The molecule has 29 heavy (non-hydrogen) atoms. The summed E-state index contributed by atoms with van der Waals surface area (Å²) in [5.74, 6) is 0.0292. The topological polar surface area (TPSA) is 35.6 Å². The van der Waals surface area contributed by atoms with E-state index in [2.05, 4.69) is 45.4 Å². The Balaban J connectivity index is 1.22. The highest BCUT2D eigenvalue weighted by molar-refractivity contribution is 7.12. The quantitative estimate of drug-likeness (QED) is 0.646. The number of hydrogen-bond donors (Lipinski definition) is 1. The van der Waals surface area contributed by atoms with Crippen LogP contribution in [0, 0.1) is 0 Å². The van der Waals surface area contributed by atoms with Crippen molar-refractivity contribution in [2.45, 2.75) is 6.54 Å². The van der Waals surface area contributed by atoms with E-state index in [9.17, 15) is 4.79 Å². The molecule has 4 nitrogen and oxygen atoms in total. The highest BCUT2D eigenvalue weighted by Crippen LogP contribution is 2.27. The first-order valence-electron chi connectivity index (χ1n) is 10.2. The van der Waals surface area contributed by atoms with Crippen LogP contribution in [0.3, 0.4) is 0 Å². The van der Waals surface area contributed by atoms with Gasteiger partial charge < -0.3 is 5.32 Å². The van der Waals surface area contributed by atoms with Gasteiger partial charge in [-0.1, -0.05) is 60.7 Å². The standard InChI is InChI=1S/C24H27N3OS/c28-24(23-22(11-18-29-23)21-9-5-2-6-10-21)25-12-13-26-14-16-27(17-15-26)19-20-7-3-1-4-8-20/h1-11,18H,12-17,19H2,(H,25,28). The van der Waals surface area contributed by atoms with E-state index in [1.807, 2.05) is 41.8 Å². The van der Waals surface area contributed by atoms with Crippen LogP contribution in [0.4, 0.5) is 0 Å². The largest absolute Gasteiger partial charge is 0.350 e. The lowest BCUT2D eigenvalue weighted by atomic mass is 10.1. The van der Waals surface area contributed by atoms with E-state index >= 15 is 0 Å². The van der Waals surface area contributed by atoms with Crippen LogP contribution in [0.25, 0.3) is 11.1 Å². The van der Waals surface area contributed by atoms with Crippen LogP contribution in [0.5, 0.6) is 0 Å². The molecule has 1 amide bonds. The van der Waals surface area contributed by atoms with Crippen molar-refractivity contribution in [1.29, 1.82) is 0 Å². The molecule has 0 spiro atoms. The van der Waals surface area contributed by atoms with Gasteiger partial charge in [-0.15, -0.1) is 11.3 Å². The molecular formula is C24H27N3OS.